The van der Waals surface area contributed by atoms with Crippen LogP contribution in [0.25, 0.3) is 0 Å². The highest BCUT2D eigenvalue weighted by molar-refractivity contribution is 7.84. The highest BCUT2D eigenvalue weighted by atomic mass is 32.2. The number of fused-ring (bicyclic) bond motifs is 1. The van der Waals surface area contributed by atoms with Gasteiger partial charge in [0.2, 0.25) is 5.16 Å². The number of hydrogen-bond donors (Lipinski definition) is 1. The monoisotopic (exact) mass is 310 g/mol. The van der Waals surface area contributed by atoms with Gasteiger partial charge in [-0.1, -0.05) is 26.2 Å². The SMILES string of the molecule is CCCCCC(C)N1C(=O)NCc2cnc(S(C)=O)nc21. The molecule has 0 saturated carbocycles. The fourth-order valence-corrected chi connectivity index (χ4v) is 2.85. The number of urea groups is 1. The molecule has 0 aromatic carbocycles. The molecule has 0 bridgehead atoms. The molecule has 21 heavy (non-hydrogen) atoms. The van der Waals surface area contributed by atoms with Crippen LogP contribution in [0.1, 0.15) is 45.1 Å². The number of carbonyl (C=O) groups excluding carboxylic acids is 1. The van der Waals surface area contributed by atoms with Crippen molar-refractivity contribution in [3.63, 3.8) is 0 Å². The topological polar surface area (TPSA) is 75.2 Å². The van der Waals surface area contributed by atoms with Crippen LogP contribution in [0.2, 0.25) is 0 Å². The molecule has 7 heteroatoms. The minimum absolute atomic E-state index is 0.0589. The number of amides is 2. The Morgan fingerprint density at radius 1 is 1.48 bits per heavy atom. The Kier molecular flexibility index (Phi) is 5.27. The minimum atomic E-state index is -1.25. The molecule has 0 aliphatic carbocycles. The van der Waals surface area contributed by atoms with Crippen molar-refractivity contribution in [2.75, 3.05) is 11.2 Å². The summed E-state index contributed by atoms with van der Waals surface area (Å²) >= 11 is 0. The van der Waals surface area contributed by atoms with Crippen LogP contribution in [0.5, 0.6) is 0 Å². The Labute approximate surface area is 127 Å². The fourth-order valence-electron chi connectivity index (χ4n) is 2.43. The Bertz CT molecular complexity index is 550. The molecular formula is C14H22N4O2S. The minimum Gasteiger partial charge on any atom is -0.333 e. The van der Waals surface area contributed by atoms with Gasteiger partial charge in [-0.25, -0.2) is 14.8 Å². The summed E-state index contributed by atoms with van der Waals surface area (Å²) in [5, 5.41) is 3.11. The Morgan fingerprint density at radius 2 is 2.24 bits per heavy atom. The molecule has 1 aromatic heterocycles. The summed E-state index contributed by atoms with van der Waals surface area (Å²) in [7, 11) is -1.25. The first-order chi connectivity index (χ1) is 10.0. The predicted octanol–water partition coefficient (Wildman–Crippen LogP) is 2.21. The van der Waals surface area contributed by atoms with Gasteiger partial charge < -0.3 is 5.32 Å². The van der Waals surface area contributed by atoms with Crippen molar-refractivity contribution in [3.8, 4) is 0 Å². The second-order valence-electron chi connectivity index (χ2n) is 5.33. The molecule has 0 spiro atoms. The molecule has 6 nitrogen and oxygen atoms in total. The fraction of sp³-hybridized carbons (Fsp3) is 0.643. The largest absolute Gasteiger partial charge is 0.333 e. The first-order valence-corrected chi connectivity index (χ1v) is 8.86. The summed E-state index contributed by atoms with van der Waals surface area (Å²) in [5.74, 6) is 0.600. The second-order valence-corrected chi connectivity index (χ2v) is 6.60. The van der Waals surface area contributed by atoms with Crippen LogP contribution in [0, 0.1) is 0 Å². The molecule has 1 N–H and O–H groups in total. The zero-order valence-corrected chi connectivity index (χ0v) is 13.6. The molecule has 1 aromatic rings. The van der Waals surface area contributed by atoms with Crippen molar-refractivity contribution in [2.45, 2.75) is 57.3 Å². The summed E-state index contributed by atoms with van der Waals surface area (Å²) < 4.78 is 11.6. The van der Waals surface area contributed by atoms with Gasteiger partial charge in [0.15, 0.2) is 0 Å². The third-order valence-corrected chi connectivity index (χ3v) is 4.33. The summed E-state index contributed by atoms with van der Waals surface area (Å²) in [5.41, 5.74) is 0.867. The van der Waals surface area contributed by atoms with E-state index in [-0.39, 0.29) is 17.2 Å². The highest BCUT2D eigenvalue weighted by Crippen LogP contribution is 2.26. The van der Waals surface area contributed by atoms with Crippen molar-refractivity contribution >= 4 is 22.6 Å². The molecule has 0 radical (unpaired) electrons. The number of nitrogens with one attached hydrogen (secondary N) is 1. The number of anilines is 1. The van der Waals surface area contributed by atoms with Crippen molar-refractivity contribution in [1.82, 2.24) is 15.3 Å². The van der Waals surface area contributed by atoms with E-state index in [2.05, 4.69) is 22.2 Å². The zero-order chi connectivity index (χ0) is 15.4. The van der Waals surface area contributed by atoms with Crippen LogP contribution >= 0.6 is 0 Å². The van der Waals surface area contributed by atoms with Crippen LogP contribution in [-0.2, 0) is 17.3 Å². The van der Waals surface area contributed by atoms with Crippen molar-refractivity contribution in [1.29, 1.82) is 0 Å². The summed E-state index contributed by atoms with van der Waals surface area (Å²) in [6.07, 6.45) is 7.50. The first kappa shape index (κ1) is 15.9. The van der Waals surface area contributed by atoms with Crippen LogP contribution < -0.4 is 10.2 Å². The normalized spacial score (nSPS) is 17.1. The van der Waals surface area contributed by atoms with Gasteiger partial charge in [0.1, 0.15) is 5.82 Å². The molecule has 2 rings (SSSR count). The van der Waals surface area contributed by atoms with Crippen LogP contribution in [0.15, 0.2) is 11.4 Å². The van der Waals surface area contributed by atoms with E-state index in [9.17, 15) is 9.00 Å². The van der Waals surface area contributed by atoms with Gasteiger partial charge in [-0.2, -0.15) is 0 Å². The van der Waals surface area contributed by atoms with Gasteiger partial charge in [-0.05, 0) is 13.3 Å². The van der Waals surface area contributed by atoms with E-state index >= 15 is 0 Å². The zero-order valence-electron chi connectivity index (χ0n) is 12.8. The third-order valence-electron chi connectivity index (χ3n) is 3.62. The molecule has 1 aliphatic rings. The standard InChI is InChI=1S/C14H22N4O2S/c1-4-5-6-7-10(2)18-12-11(9-16-14(18)19)8-15-13(17-12)21(3)20/h8,10H,4-7,9H2,1-3H3,(H,16,19). The average molecular weight is 310 g/mol. The predicted molar refractivity (Wildman–Crippen MR) is 82.7 cm³/mol. The number of aromatic nitrogens is 2. The summed E-state index contributed by atoms with van der Waals surface area (Å²) in [6, 6.07) is -0.0818. The number of nitrogens with zero attached hydrogens (tertiary/aromatic N) is 3. The van der Waals surface area contributed by atoms with Gasteiger partial charge >= 0.3 is 6.03 Å². The highest BCUT2D eigenvalue weighted by Gasteiger charge is 2.30. The number of hydrogen-bond acceptors (Lipinski definition) is 4. The maximum atomic E-state index is 12.2. The number of carbonyl (C=O) groups is 1. The van der Waals surface area contributed by atoms with Gasteiger partial charge in [-0.3, -0.25) is 9.11 Å². The maximum Gasteiger partial charge on any atom is 0.323 e. The van der Waals surface area contributed by atoms with Crippen LogP contribution in [0.4, 0.5) is 10.6 Å². The van der Waals surface area contributed by atoms with Gasteiger partial charge in [-0.15, -0.1) is 0 Å². The van der Waals surface area contributed by atoms with E-state index in [4.69, 9.17) is 0 Å². The molecule has 0 saturated heterocycles. The van der Waals surface area contributed by atoms with E-state index in [1.807, 2.05) is 6.92 Å². The van der Waals surface area contributed by atoms with E-state index in [1.54, 1.807) is 17.4 Å². The smallest absolute Gasteiger partial charge is 0.323 e. The third kappa shape index (κ3) is 3.58. The van der Waals surface area contributed by atoms with Crippen molar-refractivity contribution < 1.29 is 9.00 Å². The van der Waals surface area contributed by atoms with Crippen LogP contribution in [-0.4, -0.2) is 32.5 Å². The Hall–Kier alpha value is -1.50. The summed E-state index contributed by atoms with van der Waals surface area (Å²) in [6.45, 7) is 4.60. The molecule has 2 amide bonds. The van der Waals surface area contributed by atoms with Gasteiger partial charge in [0.25, 0.3) is 0 Å². The summed E-state index contributed by atoms with van der Waals surface area (Å²) in [4.78, 5) is 22.3. The lowest BCUT2D eigenvalue weighted by Gasteiger charge is -2.33. The quantitative estimate of drug-likeness (QED) is 0.645. The molecular weight excluding hydrogens is 288 g/mol. The van der Waals surface area contributed by atoms with Gasteiger partial charge in [0.05, 0.1) is 10.8 Å². The van der Waals surface area contributed by atoms with E-state index in [0.29, 0.717) is 12.4 Å². The lowest BCUT2D eigenvalue weighted by atomic mass is 10.1. The number of rotatable bonds is 6. The van der Waals surface area contributed by atoms with E-state index in [0.717, 1.165) is 31.2 Å². The van der Waals surface area contributed by atoms with E-state index < -0.39 is 10.8 Å². The lowest BCUT2D eigenvalue weighted by Crippen LogP contribution is -2.49. The Morgan fingerprint density at radius 3 is 2.90 bits per heavy atom. The maximum absolute atomic E-state index is 12.2. The molecule has 2 atom stereocenters. The second kappa shape index (κ2) is 6.98. The van der Waals surface area contributed by atoms with E-state index in [1.165, 1.54) is 0 Å². The van der Waals surface area contributed by atoms with Crippen molar-refractivity contribution in [3.05, 3.63) is 11.8 Å². The van der Waals surface area contributed by atoms with Crippen LogP contribution in [0.3, 0.4) is 0 Å². The molecule has 2 heterocycles. The molecule has 116 valence electrons. The van der Waals surface area contributed by atoms with Gasteiger partial charge in [0, 0.05) is 30.6 Å². The average Bonchev–Trinajstić information content (AvgIpc) is 2.46. The first-order valence-electron chi connectivity index (χ1n) is 7.31. The Balaban J connectivity index is 2.27. The molecule has 1 aliphatic heterocycles. The van der Waals surface area contributed by atoms with Crippen molar-refractivity contribution in [2.24, 2.45) is 0 Å². The molecule has 0 fully saturated rings. The molecule has 2 unspecified atom stereocenters. The lowest BCUT2D eigenvalue weighted by molar-refractivity contribution is 0.241. The number of unbranched alkanes of at least 4 members (excludes halogenated alkanes) is 2.